The summed E-state index contributed by atoms with van der Waals surface area (Å²) in [6.07, 6.45) is 1.58. The van der Waals surface area contributed by atoms with E-state index in [1.807, 2.05) is 24.3 Å². The van der Waals surface area contributed by atoms with Crippen LogP contribution in [0.2, 0.25) is 0 Å². The summed E-state index contributed by atoms with van der Waals surface area (Å²) in [6.45, 7) is 6.28. The van der Waals surface area contributed by atoms with Crippen molar-refractivity contribution in [3.05, 3.63) is 78.2 Å². The molecule has 28 heavy (non-hydrogen) atoms. The predicted octanol–water partition coefficient (Wildman–Crippen LogP) is 5.95. The number of urea groups is 1. The summed E-state index contributed by atoms with van der Waals surface area (Å²) in [6, 6.07) is 16.4. The fraction of sp³-hybridized carbons (Fsp3) is 0.182. The molecule has 0 saturated heterocycles. The Kier molecular flexibility index (Phi) is 5.59. The van der Waals surface area contributed by atoms with Crippen LogP contribution in [-0.2, 0) is 5.41 Å². The normalized spacial score (nSPS) is 11.0. The van der Waals surface area contributed by atoms with E-state index >= 15 is 0 Å². The van der Waals surface area contributed by atoms with Crippen molar-refractivity contribution in [2.24, 2.45) is 0 Å². The highest BCUT2D eigenvalue weighted by molar-refractivity contribution is 6.00. The second-order valence-electron chi connectivity index (χ2n) is 7.26. The molecule has 1 heterocycles. The lowest BCUT2D eigenvalue weighted by atomic mass is 9.86. The number of nitrogens with zero attached hydrogens (tertiary/aromatic N) is 1. The van der Waals surface area contributed by atoms with Crippen molar-refractivity contribution in [3.8, 4) is 11.6 Å². The molecular weight excluding hydrogens is 357 g/mol. The quantitative estimate of drug-likeness (QED) is 0.588. The number of benzene rings is 2. The summed E-state index contributed by atoms with van der Waals surface area (Å²) in [7, 11) is 0. The number of para-hydroxylation sites is 2. The molecule has 0 spiro atoms. The number of carbonyl (C=O) groups excluding carboxylic acids is 1. The Morgan fingerprint density at radius 1 is 0.929 bits per heavy atom. The SMILES string of the molecule is CC(C)(C)c1ccccc1Oc1ncccc1NC(=O)Nc1ccccc1F. The Labute approximate surface area is 163 Å². The molecule has 0 radical (unpaired) electrons. The maximum Gasteiger partial charge on any atom is 0.323 e. The highest BCUT2D eigenvalue weighted by Crippen LogP contribution is 2.35. The fourth-order valence-electron chi connectivity index (χ4n) is 2.69. The lowest BCUT2D eigenvalue weighted by Gasteiger charge is -2.22. The van der Waals surface area contributed by atoms with E-state index in [4.69, 9.17) is 4.74 Å². The third-order valence-corrected chi connectivity index (χ3v) is 4.04. The number of carbonyl (C=O) groups is 1. The predicted molar refractivity (Wildman–Crippen MR) is 108 cm³/mol. The Hall–Kier alpha value is -3.41. The monoisotopic (exact) mass is 379 g/mol. The van der Waals surface area contributed by atoms with Crippen molar-refractivity contribution < 1.29 is 13.9 Å². The zero-order chi connectivity index (χ0) is 20.1. The molecule has 6 heteroatoms. The lowest BCUT2D eigenvalue weighted by molar-refractivity contribution is 0.262. The van der Waals surface area contributed by atoms with Gasteiger partial charge in [0, 0.05) is 11.8 Å². The largest absolute Gasteiger partial charge is 0.437 e. The van der Waals surface area contributed by atoms with Crippen molar-refractivity contribution in [2.45, 2.75) is 26.2 Å². The molecule has 2 N–H and O–H groups in total. The van der Waals surface area contributed by atoms with E-state index in [1.165, 1.54) is 12.1 Å². The number of rotatable bonds is 4. The van der Waals surface area contributed by atoms with E-state index in [9.17, 15) is 9.18 Å². The molecule has 0 aliphatic carbocycles. The Morgan fingerprint density at radius 2 is 1.57 bits per heavy atom. The van der Waals surface area contributed by atoms with Crippen LogP contribution in [0.1, 0.15) is 26.3 Å². The van der Waals surface area contributed by atoms with Gasteiger partial charge in [-0.25, -0.2) is 14.2 Å². The van der Waals surface area contributed by atoms with Crippen LogP contribution in [0.5, 0.6) is 11.6 Å². The average molecular weight is 379 g/mol. The van der Waals surface area contributed by atoms with Crippen LogP contribution in [-0.4, -0.2) is 11.0 Å². The zero-order valence-corrected chi connectivity index (χ0v) is 16.0. The van der Waals surface area contributed by atoms with E-state index < -0.39 is 11.8 Å². The molecule has 0 saturated carbocycles. The average Bonchev–Trinajstić information content (AvgIpc) is 2.65. The van der Waals surface area contributed by atoms with E-state index in [2.05, 4.69) is 36.4 Å². The molecule has 0 aliphatic rings. The van der Waals surface area contributed by atoms with Crippen molar-refractivity contribution in [1.29, 1.82) is 0 Å². The Balaban J connectivity index is 1.81. The van der Waals surface area contributed by atoms with Gasteiger partial charge in [-0.2, -0.15) is 0 Å². The molecule has 1 aromatic heterocycles. The number of nitrogens with one attached hydrogen (secondary N) is 2. The minimum atomic E-state index is -0.591. The third kappa shape index (κ3) is 4.65. The number of ether oxygens (including phenoxy) is 1. The number of hydrogen-bond acceptors (Lipinski definition) is 3. The molecule has 0 aliphatic heterocycles. The molecule has 0 unspecified atom stereocenters. The Bertz CT molecular complexity index is 983. The molecule has 2 aromatic carbocycles. The molecule has 0 fully saturated rings. The second-order valence-corrected chi connectivity index (χ2v) is 7.26. The second kappa shape index (κ2) is 8.08. The van der Waals surface area contributed by atoms with Gasteiger partial charge in [0.15, 0.2) is 0 Å². The van der Waals surface area contributed by atoms with E-state index in [-0.39, 0.29) is 17.0 Å². The van der Waals surface area contributed by atoms with Gasteiger partial charge in [0.1, 0.15) is 17.3 Å². The summed E-state index contributed by atoms with van der Waals surface area (Å²) >= 11 is 0. The van der Waals surface area contributed by atoms with Crippen LogP contribution in [0.15, 0.2) is 66.9 Å². The highest BCUT2D eigenvalue weighted by Gasteiger charge is 2.20. The summed E-state index contributed by atoms with van der Waals surface area (Å²) in [5.41, 5.74) is 1.35. The molecule has 144 valence electrons. The van der Waals surface area contributed by atoms with Gasteiger partial charge in [-0.05, 0) is 35.7 Å². The van der Waals surface area contributed by atoms with Crippen LogP contribution in [0.25, 0.3) is 0 Å². The summed E-state index contributed by atoms with van der Waals surface area (Å²) in [5, 5.41) is 5.14. The lowest BCUT2D eigenvalue weighted by Crippen LogP contribution is -2.20. The zero-order valence-electron chi connectivity index (χ0n) is 16.0. The smallest absolute Gasteiger partial charge is 0.323 e. The van der Waals surface area contributed by atoms with Gasteiger partial charge in [0.2, 0.25) is 5.88 Å². The first-order valence-corrected chi connectivity index (χ1v) is 8.89. The van der Waals surface area contributed by atoms with Crippen molar-refractivity contribution >= 4 is 17.4 Å². The molecule has 5 nitrogen and oxygen atoms in total. The van der Waals surface area contributed by atoms with Crippen LogP contribution in [0.4, 0.5) is 20.6 Å². The van der Waals surface area contributed by atoms with E-state index in [1.54, 1.807) is 30.5 Å². The van der Waals surface area contributed by atoms with E-state index in [0.29, 0.717) is 11.4 Å². The number of hydrogen-bond donors (Lipinski definition) is 2. The van der Waals surface area contributed by atoms with Gasteiger partial charge >= 0.3 is 6.03 Å². The maximum absolute atomic E-state index is 13.7. The molecule has 0 bridgehead atoms. The molecule has 3 rings (SSSR count). The van der Waals surface area contributed by atoms with Crippen molar-refractivity contribution in [1.82, 2.24) is 4.98 Å². The van der Waals surface area contributed by atoms with Gasteiger partial charge < -0.3 is 15.4 Å². The topological polar surface area (TPSA) is 63.2 Å². The molecule has 2 amide bonds. The first-order chi connectivity index (χ1) is 13.3. The number of halogens is 1. The first kappa shape index (κ1) is 19.4. The van der Waals surface area contributed by atoms with E-state index in [0.717, 1.165) is 5.56 Å². The number of anilines is 2. The van der Waals surface area contributed by atoms with Crippen LogP contribution in [0.3, 0.4) is 0 Å². The van der Waals surface area contributed by atoms with Crippen LogP contribution >= 0.6 is 0 Å². The van der Waals surface area contributed by atoms with Crippen LogP contribution in [0, 0.1) is 5.82 Å². The summed E-state index contributed by atoms with van der Waals surface area (Å²) < 4.78 is 19.7. The molecular formula is C22H22FN3O2. The van der Waals surface area contributed by atoms with Crippen LogP contribution < -0.4 is 15.4 Å². The minimum Gasteiger partial charge on any atom is -0.437 e. The van der Waals surface area contributed by atoms with Gasteiger partial charge in [0.05, 0.1) is 5.69 Å². The third-order valence-electron chi connectivity index (χ3n) is 4.04. The van der Waals surface area contributed by atoms with Gasteiger partial charge in [-0.15, -0.1) is 0 Å². The number of aromatic nitrogens is 1. The number of amides is 2. The van der Waals surface area contributed by atoms with Gasteiger partial charge in [-0.1, -0.05) is 51.1 Å². The van der Waals surface area contributed by atoms with Gasteiger partial charge in [0.25, 0.3) is 0 Å². The van der Waals surface area contributed by atoms with Gasteiger partial charge in [-0.3, -0.25) is 0 Å². The summed E-state index contributed by atoms with van der Waals surface area (Å²) in [4.78, 5) is 16.5. The minimum absolute atomic E-state index is 0.0874. The van der Waals surface area contributed by atoms with Crippen molar-refractivity contribution in [3.63, 3.8) is 0 Å². The molecule has 3 aromatic rings. The summed E-state index contributed by atoms with van der Waals surface area (Å²) in [5.74, 6) is 0.397. The standard InChI is InChI=1S/C22H22FN3O2/c1-22(2,3)15-9-4-7-13-19(15)28-20-18(12-8-14-24-20)26-21(27)25-17-11-6-5-10-16(17)23/h4-14H,1-3H3,(H2,25,26,27). The highest BCUT2D eigenvalue weighted by atomic mass is 19.1. The number of pyridine rings is 1. The first-order valence-electron chi connectivity index (χ1n) is 8.89. The Morgan fingerprint density at radius 3 is 2.32 bits per heavy atom. The fourth-order valence-corrected chi connectivity index (χ4v) is 2.69. The molecule has 0 atom stereocenters. The maximum atomic E-state index is 13.7. The van der Waals surface area contributed by atoms with Crippen molar-refractivity contribution in [2.75, 3.05) is 10.6 Å².